The van der Waals surface area contributed by atoms with Crippen molar-refractivity contribution in [1.82, 2.24) is 14.4 Å². The average molecular weight is 578 g/mol. The summed E-state index contributed by atoms with van der Waals surface area (Å²) < 4.78 is 8.51. The van der Waals surface area contributed by atoms with Gasteiger partial charge in [0.05, 0.1) is 12.0 Å². The Morgan fingerprint density at radius 2 is 1.93 bits per heavy atom. The molecule has 7 heteroatoms. The minimum Gasteiger partial charge on any atom is -0.497 e. The summed E-state index contributed by atoms with van der Waals surface area (Å²) >= 11 is 7.29. The van der Waals surface area contributed by atoms with E-state index in [-0.39, 0.29) is 5.91 Å². The number of thioether (sulfide) groups is 1. The summed E-state index contributed by atoms with van der Waals surface area (Å²) in [5, 5.41) is 0. The number of methoxy groups -OCH3 is 1. The Bertz CT molecular complexity index is 1280. The number of thiocarbonyl (C=S) groups is 1. The van der Waals surface area contributed by atoms with E-state index in [2.05, 4.69) is 40.8 Å². The number of unbranched alkanes of at least 4 members (excludes halogenated alkanes) is 2. The van der Waals surface area contributed by atoms with Crippen LogP contribution >= 0.6 is 24.0 Å². The Labute approximate surface area is 249 Å². The van der Waals surface area contributed by atoms with Gasteiger partial charge in [0.15, 0.2) is 0 Å². The summed E-state index contributed by atoms with van der Waals surface area (Å²) in [6, 6.07) is 10.9. The van der Waals surface area contributed by atoms with Crippen LogP contribution in [0.2, 0.25) is 0 Å². The van der Waals surface area contributed by atoms with Gasteiger partial charge in [0, 0.05) is 30.0 Å². The van der Waals surface area contributed by atoms with E-state index in [4.69, 9.17) is 17.0 Å². The number of aryl methyl sites for hydroxylation is 1. The summed E-state index contributed by atoms with van der Waals surface area (Å²) in [4.78, 5) is 19.1. The third-order valence-electron chi connectivity index (χ3n) is 9.72. The number of benzene rings is 1. The number of hydrogen-bond acceptors (Lipinski definition) is 5. The van der Waals surface area contributed by atoms with Crippen molar-refractivity contribution in [1.29, 1.82) is 0 Å². The molecule has 3 heterocycles. The fourth-order valence-corrected chi connectivity index (χ4v) is 8.91. The van der Waals surface area contributed by atoms with Gasteiger partial charge in [-0.1, -0.05) is 55.4 Å². The maximum Gasteiger partial charge on any atom is 0.266 e. The van der Waals surface area contributed by atoms with Gasteiger partial charge >= 0.3 is 0 Å². The fraction of sp³-hybridized carbons (Fsp3) is 0.576. The van der Waals surface area contributed by atoms with Crippen molar-refractivity contribution >= 4 is 40.3 Å². The molecule has 0 radical (unpaired) electrons. The highest BCUT2D eigenvalue weighted by Crippen LogP contribution is 2.49. The van der Waals surface area contributed by atoms with E-state index < -0.39 is 0 Å². The number of hydrogen-bond donors (Lipinski definition) is 0. The van der Waals surface area contributed by atoms with E-state index in [0.717, 1.165) is 57.1 Å². The Morgan fingerprint density at radius 3 is 2.67 bits per heavy atom. The standard InChI is InChI=1S/C33H43N3O2S2/c1-34-28(24-11-9-12-27(20-24)38-2)21-25(10-5-3-6-15-35-16-7-4-8-17-35)29(34)22-31-32(37)36(33(39)40-31)30-19-23-13-14-26(30)18-23/h9,11-12,20-23,26,30H,3-8,10,13-19H2,1-2H3/b31-22-. The minimum atomic E-state index is 0.115. The van der Waals surface area contributed by atoms with Gasteiger partial charge in [-0.05, 0) is 113 Å². The quantitative estimate of drug-likeness (QED) is 0.168. The molecule has 1 aromatic heterocycles. The maximum atomic E-state index is 13.7. The first-order chi connectivity index (χ1) is 19.5. The SMILES string of the molecule is COc1cccc(-c2cc(CCCCCN3CCCCC3)c(/C=C3\SC(=S)N(C4CC5CCC4C5)C3=O)n2C)c1. The van der Waals surface area contributed by atoms with Crippen molar-refractivity contribution in [2.24, 2.45) is 18.9 Å². The highest BCUT2D eigenvalue weighted by molar-refractivity contribution is 8.26. The van der Waals surface area contributed by atoms with Gasteiger partial charge in [0.25, 0.3) is 5.91 Å². The molecule has 214 valence electrons. The minimum absolute atomic E-state index is 0.115. The highest BCUT2D eigenvalue weighted by Gasteiger charge is 2.48. The van der Waals surface area contributed by atoms with Crippen molar-refractivity contribution in [2.45, 2.75) is 76.7 Å². The molecule has 4 fully saturated rings. The van der Waals surface area contributed by atoms with Crippen LogP contribution in [0.4, 0.5) is 0 Å². The molecular formula is C33H43N3O2S2. The van der Waals surface area contributed by atoms with Crippen molar-refractivity contribution in [2.75, 3.05) is 26.7 Å². The molecule has 2 saturated heterocycles. The lowest BCUT2D eigenvalue weighted by Gasteiger charge is -2.30. The first kappa shape index (κ1) is 28.0. The summed E-state index contributed by atoms with van der Waals surface area (Å²) in [5.74, 6) is 2.38. The van der Waals surface area contributed by atoms with Crippen LogP contribution in [0.5, 0.6) is 5.75 Å². The predicted molar refractivity (Wildman–Crippen MR) is 169 cm³/mol. The van der Waals surface area contributed by atoms with Crippen LogP contribution in [-0.4, -0.2) is 57.4 Å². The van der Waals surface area contributed by atoms with Gasteiger partial charge in [-0.2, -0.15) is 0 Å². The van der Waals surface area contributed by atoms with Gasteiger partial charge in [-0.15, -0.1) is 0 Å². The second-order valence-electron chi connectivity index (χ2n) is 12.2. The topological polar surface area (TPSA) is 37.7 Å². The van der Waals surface area contributed by atoms with Crippen molar-refractivity contribution < 1.29 is 9.53 Å². The number of carbonyl (C=O) groups is 1. The predicted octanol–water partition coefficient (Wildman–Crippen LogP) is 7.29. The molecule has 2 saturated carbocycles. The number of rotatable bonds is 10. The largest absolute Gasteiger partial charge is 0.497 e. The molecular weight excluding hydrogens is 535 g/mol. The summed E-state index contributed by atoms with van der Waals surface area (Å²) in [6.07, 6.45) is 15.8. The third-order valence-corrected chi connectivity index (χ3v) is 11.1. The molecule has 1 amide bonds. The van der Waals surface area contributed by atoms with Crippen LogP contribution in [0.15, 0.2) is 35.2 Å². The Balaban J connectivity index is 1.22. The number of likely N-dealkylation sites (tertiary alicyclic amines) is 1. The fourth-order valence-electron chi connectivity index (χ4n) is 7.56. The van der Waals surface area contributed by atoms with Gasteiger partial charge in [-0.25, -0.2) is 0 Å². The Kier molecular flexibility index (Phi) is 8.71. The molecule has 4 aliphatic rings. The molecule has 6 rings (SSSR count). The van der Waals surface area contributed by atoms with Gasteiger partial charge in [0.2, 0.25) is 0 Å². The highest BCUT2D eigenvalue weighted by atomic mass is 32.2. The number of fused-ring (bicyclic) bond motifs is 2. The molecule has 3 atom stereocenters. The van der Waals surface area contributed by atoms with Crippen LogP contribution in [-0.2, 0) is 18.3 Å². The van der Waals surface area contributed by atoms with Crippen molar-refractivity contribution in [3.05, 3.63) is 46.5 Å². The van der Waals surface area contributed by atoms with Crippen LogP contribution < -0.4 is 4.74 Å². The summed E-state index contributed by atoms with van der Waals surface area (Å²) in [5.41, 5.74) is 4.71. The third kappa shape index (κ3) is 5.79. The zero-order valence-corrected chi connectivity index (χ0v) is 25.7. The second-order valence-corrected chi connectivity index (χ2v) is 13.9. The molecule has 2 aliphatic heterocycles. The normalized spacial score (nSPS) is 26.0. The first-order valence-corrected chi connectivity index (χ1v) is 16.6. The molecule has 40 heavy (non-hydrogen) atoms. The van der Waals surface area contributed by atoms with Crippen LogP contribution in [0.1, 0.15) is 75.5 Å². The molecule has 1 aromatic carbocycles. The molecule has 0 spiro atoms. The lowest BCUT2D eigenvalue weighted by molar-refractivity contribution is -0.124. The van der Waals surface area contributed by atoms with Crippen LogP contribution in [0, 0.1) is 11.8 Å². The monoisotopic (exact) mass is 577 g/mol. The van der Waals surface area contributed by atoms with Gasteiger partial charge < -0.3 is 14.2 Å². The number of aromatic nitrogens is 1. The zero-order valence-electron chi connectivity index (χ0n) is 24.1. The molecule has 5 nitrogen and oxygen atoms in total. The second kappa shape index (κ2) is 12.4. The average Bonchev–Trinajstić information content (AvgIpc) is 3.74. The first-order valence-electron chi connectivity index (χ1n) is 15.3. The zero-order chi connectivity index (χ0) is 27.6. The summed E-state index contributed by atoms with van der Waals surface area (Å²) in [7, 11) is 3.83. The Morgan fingerprint density at radius 1 is 1.07 bits per heavy atom. The lowest BCUT2D eigenvalue weighted by Crippen LogP contribution is -2.41. The number of nitrogens with zero attached hydrogens (tertiary/aromatic N) is 3. The van der Waals surface area contributed by atoms with E-state index in [1.165, 1.54) is 88.3 Å². The molecule has 0 N–H and O–H groups in total. The molecule has 2 bridgehead atoms. The number of carbonyl (C=O) groups excluding carboxylic acids is 1. The lowest BCUT2D eigenvalue weighted by atomic mass is 9.94. The molecule has 3 unspecified atom stereocenters. The molecule has 2 aliphatic carbocycles. The maximum absolute atomic E-state index is 13.7. The number of piperidine rings is 1. The van der Waals surface area contributed by atoms with Crippen molar-refractivity contribution in [3.8, 4) is 17.0 Å². The number of amides is 1. The summed E-state index contributed by atoms with van der Waals surface area (Å²) in [6.45, 7) is 3.77. The van der Waals surface area contributed by atoms with E-state index in [1.54, 1.807) is 7.11 Å². The molecule has 2 aromatic rings. The van der Waals surface area contributed by atoms with Crippen LogP contribution in [0.25, 0.3) is 17.3 Å². The van der Waals surface area contributed by atoms with Crippen molar-refractivity contribution in [3.63, 3.8) is 0 Å². The van der Waals surface area contributed by atoms with E-state index in [1.807, 2.05) is 17.0 Å². The Hall–Kier alpha value is -2.09. The van der Waals surface area contributed by atoms with Crippen LogP contribution in [0.3, 0.4) is 0 Å². The van der Waals surface area contributed by atoms with Gasteiger partial charge in [0.1, 0.15) is 10.1 Å². The number of ether oxygens (including phenoxy) is 1. The smallest absolute Gasteiger partial charge is 0.266 e. The van der Waals surface area contributed by atoms with Gasteiger partial charge in [-0.3, -0.25) is 9.69 Å². The van der Waals surface area contributed by atoms with E-state index in [0.29, 0.717) is 12.0 Å². The van der Waals surface area contributed by atoms with E-state index >= 15 is 0 Å². The van der Waals surface area contributed by atoms with E-state index in [9.17, 15) is 4.79 Å².